The molecule has 110 valence electrons. The second-order valence-electron chi connectivity index (χ2n) is 5.31. The van der Waals surface area contributed by atoms with E-state index in [1.807, 2.05) is 42.0 Å². The molecule has 1 saturated carbocycles. The summed E-state index contributed by atoms with van der Waals surface area (Å²) >= 11 is 11.8. The lowest BCUT2D eigenvalue weighted by Gasteiger charge is -2.15. The van der Waals surface area contributed by atoms with E-state index in [9.17, 15) is 4.79 Å². The van der Waals surface area contributed by atoms with Crippen LogP contribution in [-0.4, -0.2) is 19.8 Å². The molecule has 1 aromatic carbocycles. The number of benzene rings is 1. The van der Waals surface area contributed by atoms with Gasteiger partial charge in [-0.15, -0.1) is 23.2 Å². The maximum absolute atomic E-state index is 12.0. The highest BCUT2D eigenvalue weighted by Crippen LogP contribution is 2.53. The van der Waals surface area contributed by atoms with Crippen LogP contribution in [-0.2, 0) is 4.79 Å². The Bertz CT molecular complexity index is 655. The average Bonchev–Trinajstić information content (AvgIpc) is 2.90. The zero-order valence-electron chi connectivity index (χ0n) is 11.5. The Balaban J connectivity index is 1.72. The minimum absolute atomic E-state index is 0.0967. The van der Waals surface area contributed by atoms with E-state index in [0.29, 0.717) is 6.42 Å². The molecule has 1 heterocycles. The number of nitrogens with zero attached hydrogens (tertiary/aromatic N) is 2. The summed E-state index contributed by atoms with van der Waals surface area (Å²) in [4.78, 5) is 16.1. The fourth-order valence-corrected chi connectivity index (χ4v) is 2.77. The second kappa shape index (κ2) is 5.35. The molecule has 1 aliphatic carbocycles. The molecule has 21 heavy (non-hydrogen) atoms. The van der Waals surface area contributed by atoms with Crippen LogP contribution >= 0.6 is 23.2 Å². The number of alkyl halides is 2. The molecule has 3 rings (SSSR count). The lowest BCUT2D eigenvalue weighted by Crippen LogP contribution is -2.29. The zero-order chi connectivity index (χ0) is 15.0. The van der Waals surface area contributed by atoms with Crippen LogP contribution in [0.1, 0.15) is 24.9 Å². The quantitative estimate of drug-likeness (QED) is 0.878. The number of aromatic nitrogens is 2. The smallest absolute Gasteiger partial charge is 0.226 e. The van der Waals surface area contributed by atoms with Gasteiger partial charge in [0.25, 0.3) is 0 Å². The van der Waals surface area contributed by atoms with E-state index < -0.39 is 4.33 Å². The van der Waals surface area contributed by atoms with Gasteiger partial charge in [0.1, 0.15) is 4.33 Å². The molecule has 6 heteroatoms. The van der Waals surface area contributed by atoms with Crippen molar-refractivity contribution >= 4 is 29.1 Å². The summed E-state index contributed by atoms with van der Waals surface area (Å²) in [6, 6.07) is 7.84. The second-order valence-corrected chi connectivity index (χ2v) is 6.86. The molecule has 1 aliphatic rings. The molecular formula is C15H15Cl2N3O. The van der Waals surface area contributed by atoms with Crippen LogP contribution in [0.4, 0.5) is 0 Å². The Morgan fingerprint density at radius 1 is 1.52 bits per heavy atom. The number of rotatable bonds is 4. The summed E-state index contributed by atoms with van der Waals surface area (Å²) in [5, 5.41) is 2.95. The van der Waals surface area contributed by atoms with Crippen LogP contribution in [0.5, 0.6) is 0 Å². The highest BCUT2D eigenvalue weighted by Gasteiger charge is 2.56. The van der Waals surface area contributed by atoms with Gasteiger partial charge in [-0.25, -0.2) is 4.98 Å². The molecule has 1 aromatic heterocycles. The first kappa shape index (κ1) is 14.4. The van der Waals surface area contributed by atoms with Crippen molar-refractivity contribution in [1.29, 1.82) is 0 Å². The van der Waals surface area contributed by atoms with Crippen molar-refractivity contribution in [1.82, 2.24) is 14.9 Å². The van der Waals surface area contributed by atoms with Gasteiger partial charge >= 0.3 is 0 Å². The molecule has 4 nitrogen and oxygen atoms in total. The van der Waals surface area contributed by atoms with Crippen molar-refractivity contribution in [3.8, 4) is 5.69 Å². The molecule has 1 amide bonds. The molecule has 2 atom stereocenters. The predicted octanol–water partition coefficient (Wildman–Crippen LogP) is 3.24. The van der Waals surface area contributed by atoms with E-state index in [0.717, 1.165) is 11.3 Å². The maximum Gasteiger partial charge on any atom is 0.226 e. The van der Waals surface area contributed by atoms with Crippen LogP contribution < -0.4 is 5.32 Å². The van der Waals surface area contributed by atoms with Crippen LogP contribution in [0.25, 0.3) is 5.69 Å². The normalized spacial score (nSPS) is 20.8. The molecule has 2 aromatic rings. The van der Waals surface area contributed by atoms with E-state index in [4.69, 9.17) is 23.2 Å². The minimum atomic E-state index is -0.886. The predicted molar refractivity (Wildman–Crippen MR) is 82.7 cm³/mol. The Kier molecular flexibility index (Phi) is 3.68. The van der Waals surface area contributed by atoms with Gasteiger partial charge in [-0.05, 0) is 31.0 Å². The monoisotopic (exact) mass is 323 g/mol. The van der Waals surface area contributed by atoms with Crippen LogP contribution in [0.2, 0.25) is 0 Å². The Morgan fingerprint density at radius 3 is 2.90 bits per heavy atom. The summed E-state index contributed by atoms with van der Waals surface area (Å²) in [7, 11) is 0. The van der Waals surface area contributed by atoms with Gasteiger partial charge in [0, 0.05) is 18.1 Å². The molecule has 1 N–H and O–H groups in total. The fourth-order valence-electron chi connectivity index (χ4n) is 2.26. The number of carbonyl (C=O) groups excluding carboxylic acids is 1. The van der Waals surface area contributed by atoms with E-state index >= 15 is 0 Å². The summed E-state index contributed by atoms with van der Waals surface area (Å²) in [6.07, 6.45) is 5.86. The molecule has 0 radical (unpaired) electrons. The maximum atomic E-state index is 12.0. The summed E-state index contributed by atoms with van der Waals surface area (Å²) in [5.74, 6) is -0.402. The fraction of sp³-hybridized carbons (Fsp3) is 0.333. The molecule has 0 bridgehead atoms. The SMILES string of the molecule is CC(NC(=O)C1CC1(Cl)Cl)c1cccc(-n2ccnc2)c1. The first-order valence-electron chi connectivity index (χ1n) is 6.74. The van der Waals surface area contributed by atoms with E-state index in [1.54, 1.807) is 12.5 Å². The van der Waals surface area contributed by atoms with Gasteiger partial charge in [0.05, 0.1) is 18.3 Å². The Hall–Kier alpha value is -1.52. The van der Waals surface area contributed by atoms with Crippen molar-refractivity contribution in [3.05, 3.63) is 48.5 Å². The summed E-state index contributed by atoms with van der Waals surface area (Å²) in [5.41, 5.74) is 2.02. The summed E-state index contributed by atoms with van der Waals surface area (Å²) in [6.45, 7) is 1.94. The third-order valence-corrected chi connectivity index (χ3v) is 4.51. The van der Waals surface area contributed by atoms with Gasteiger partial charge in [-0.2, -0.15) is 0 Å². The largest absolute Gasteiger partial charge is 0.349 e. The highest BCUT2D eigenvalue weighted by atomic mass is 35.5. The van der Waals surface area contributed by atoms with E-state index in [2.05, 4.69) is 10.3 Å². The topological polar surface area (TPSA) is 46.9 Å². The van der Waals surface area contributed by atoms with Crippen molar-refractivity contribution in [2.24, 2.45) is 5.92 Å². The molecule has 0 spiro atoms. The Labute approximate surface area is 133 Å². The van der Waals surface area contributed by atoms with Gasteiger partial charge in [-0.1, -0.05) is 12.1 Å². The van der Waals surface area contributed by atoms with Crippen LogP contribution in [0.3, 0.4) is 0 Å². The van der Waals surface area contributed by atoms with Crippen molar-refractivity contribution < 1.29 is 4.79 Å². The van der Waals surface area contributed by atoms with Crippen LogP contribution in [0, 0.1) is 5.92 Å². The number of hydrogen-bond acceptors (Lipinski definition) is 2. The number of carbonyl (C=O) groups is 1. The molecule has 2 unspecified atom stereocenters. The van der Waals surface area contributed by atoms with E-state index in [-0.39, 0.29) is 17.9 Å². The number of amides is 1. The number of halogens is 2. The minimum Gasteiger partial charge on any atom is -0.349 e. The zero-order valence-corrected chi connectivity index (χ0v) is 13.0. The van der Waals surface area contributed by atoms with Gasteiger partial charge in [0.2, 0.25) is 5.91 Å². The first-order chi connectivity index (χ1) is 9.97. The van der Waals surface area contributed by atoms with Crippen molar-refractivity contribution in [2.45, 2.75) is 23.7 Å². The highest BCUT2D eigenvalue weighted by molar-refractivity contribution is 6.52. The van der Waals surface area contributed by atoms with E-state index in [1.165, 1.54) is 0 Å². The molecule has 1 fully saturated rings. The summed E-state index contributed by atoms with van der Waals surface area (Å²) < 4.78 is 1.03. The lowest BCUT2D eigenvalue weighted by atomic mass is 10.1. The van der Waals surface area contributed by atoms with Gasteiger partial charge in [-0.3, -0.25) is 4.79 Å². The standard InChI is InChI=1S/C15H15Cl2N3O/c1-10(19-14(21)13-8-15(13,16)17)11-3-2-4-12(7-11)20-6-5-18-9-20/h2-7,9-10,13H,8H2,1H3,(H,19,21). The van der Waals surface area contributed by atoms with Crippen molar-refractivity contribution in [3.63, 3.8) is 0 Å². The van der Waals surface area contributed by atoms with Gasteiger partial charge < -0.3 is 9.88 Å². The number of hydrogen-bond donors (Lipinski definition) is 1. The third kappa shape index (κ3) is 3.06. The first-order valence-corrected chi connectivity index (χ1v) is 7.49. The molecule has 0 aliphatic heterocycles. The van der Waals surface area contributed by atoms with Gasteiger partial charge in [0.15, 0.2) is 0 Å². The van der Waals surface area contributed by atoms with Crippen molar-refractivity contribution in [2.75, 3.05) is 0 Å². The third-order valence-electron chi connectivity index (χ3n) is 3.67. The van der Waals surface area contributed by atoms with Crippen LogP contribution in [0.15, 0.2) is 43.0 Å². The lowest BCUT2D eigenvalue weighted by molar-refractivity contribution is -0.123. The molecular weight excluding hydrogens is 309 g/mol. The Morgan fingerprint density at radius 2 is 2.29 bits per heavy atom. The molecule has 0 saturated heterocycles. The number of imidazole rings is 1. The average molecular weight is 324 g/mol. The number of nitrogens with one attached hydrogen (secondary N) is 1.